The molecule has 1 aromatic carbocycles. The van der Waals surface area contributed by atoms with Crippen LogP contribution in [0.25, 0.3) is 0 Å². The highest BCUT2D eigenvalue weighted by molar-refractivity contribution is 5.89. The fraction of sp³-hybridized carbons (Fsp3) is 0.619. The lowest BCUT2D eigenvalue weighted by Crippen LogP contribution is -2.73. The molecule has 1 N–H and O–H groups in total. The number of nitrogens with zero attached hydrogens (tertiary/aromatic N) is 3. The van der Waals surface area contributed by atoms with Crippen LogP contribution < -0.4 is 10.4 Å². The van der Waals surface area contributed by atoms with Crippen LogP contribution >= 0.6 is 0 Å². The van der Waals surface area contributed by atoms with E-state index in [0.717, 1.165) is 38.0 Å². The van der Waals surface area contributed by atoms with Crippen molar-refractivity contribution >= 4 is 17.5 Å². The van der Waals surface area contributed by atoms with E-state index in [1.54, 1.807) is 6.92 Å². The summed E-state index contributed by atoms with van der Waals surface area (Å²) in [5.74, 6) is 0.0629. The number of hydrogen-bond donors (Lipinski definition) is 1. The first-order chi connectivity index (χ1) is 12.7. The van der Waals surface area contributed by atoms with Crippen LogP contribution in [0.1, 0.15) is 45.6 Å². The van der Waals surface area contributed by atoms with Gasteiger partial charge in [0, 0.05) is 38.0 Å². The quantitative estimate of drug-likeness (QED) is 0.864. The number of piperazine rings is 1. The number of anilines is 1. The van der Waals surface area contributed by atoms with Crippen molar-refractivity contribution in [3.63, 3.8) is 0 Å². The van der Waals surface area contributed by atoms with Crippen molar-refractivity contribution in [1.82, 2.24) is 15.2 Å². The van der Waals surface area contributed by atoms with Gasteiger partial charge < -0.3 is 4.90 Å². The van der Waals surface area contributed by atoms with Gasteiger partial charge in [0.25, 0.3) is 5.91 Å². The van der Waals surface area contributed by atoms with Gasteiger partial charge >= 0.3 is 0 Å². The molecule has 2 amide bonds. The maximum atomic E-state index is 13.6. The number of amides is 2. The van der Waals surface area contributed by atoms with Gasteiger partial charge in [0.05, 0.1) is 5.69 Å². The lowest BCUT2D eigenvalue weighted by Gasteiger charge is -2.55. The summed E-state index contributed by atoms with van der Waals surface area (Å²) < 4.78 is 0. The van der Waals surface area contributed by atoms with Crippen LogP contribution in [-0.2, 0) is 15.0 Å². The van der Waals surface area contributed by atoms with Crippen LogP contribution in [0.4, 0.5) is 5.69 Å². The molecule has 3 aliphatic rings. The predicted molar refractivity (Wildman–Crippen MR) is 105 cm³/mol. The number of fused-ring (bicyclic) bond motifs is 3. The summed E-state index contributed by atoms with van der Waals surface area (Å²) in [7, 11) is 2.04. The molecule has 0 radical (unpaired) electrons. The van der Waals surface area contributed by atoms with Crippen LogP contribution in [0.5, 0.6) is 0 Å². The van der Waals surface area contributed by atoms with E-state index >= 15 is 0 Å². The number of nitrogens with one attached hydrogen (secondary N) is 1. The largest absolute Gasteiger partial charge is 0.339 e. The van der Waals surface area contributed by atoms with E-state index in [2.05, 4.69) is 42.4 Å². The molecule has 0 saturated carbocycles. The zero-order valence-electron chi connectivity index (χ0n) is 16.8. The fourth-order valence-electron chi connectivity index (χ4n) is 5.15. The van der Waals surface area contributed by atoms with Crippen molar-refractivity contribution in [3.8, 4) is 0 Å². The van der Waals surface area contributed by atoms with E-state index in [-0.39, 0.29) is 23.3 Å². The van der Waals surface area contributed by atoms with Crippen molar-refractivity contribution in [1.29, 1.82) is 0 Å². The summed E-state index contributed by atoms with van der Waals surface area (Å²) in [4.78, 5) is 29.7. The molecule has 3 heterocycles. The Kier molecular flexibility index (Phi) is 4.22. The summed E-state index contributed by atoms with van der Waals surface area (Å²) >= 11 is 0. The SMILES string of the molecule is CC(=O)N1CC2CCCC(C(=O)NN3CC(C)(C)c4ccccc43)(C1)N2C. The second-order valence-electron chi connectivity index (χ2n) is 9.02. The molecule has 6 heteroatoms. The Morgan fingerprint density at radius 2 is 1.93 bits per heavy atom. The Morgan fingerprint density at radius 3 is 2.67 bits per heavy atom. The molecular weight excluding hydrogens is 340 g/mol. The maximum Gasteiger partial charge on any atom is 0.260 e. The Labute approximate surface area is 161 Å². The zero-order chi connectivity index (χ0) is 19.4. The molecule has 6 nitrogen and oxygen atoms in total. The summed E-state index contributed by atoms with van der Waals surface area (Å²) in [5.41, 5.74) is 4.88. The summed E-state index contributed by atoms with van der Waals surface area (Å²) in [6, 6.07) is 8.53. The number of hydrazine groups is 1. The van der Waals surface area contributed by atoms with E-state index in [9.17, 15) is 9.59 Å². The summed E-state index contributed by atoms with van der Waals surface area (Å²) in [6.45, 7) is 7.96. The van der Waals surface area contributed by atoms with Gasteiger partial charge in [-0.3, -0.25) is 24.9 Å². The van der Waals surface area contributed by atoms with Gasteiger partial charge in [0.15, 0.2) is 0 Å². The third kappa shape index (κ3) is 2.81. The number of likely N-dealkylation sites (N-methyl/N-ethyl adjacent to an activating group) is 1. The lowest BCUT2D eigenvalue weighted by atomic mass is 9.79. The van der Waals surface area contributed by atoms with Crippen LogP contribution in [-0.4, -0.2) is 59.9 Å². The second-order valence-corrected chi connectivity index (χ2v) is 9.02. The van der Waals surface area contributed by atoms with Crippen molar-refractivity contribution in [3.05, 3.63) is 29.8 Å². The molecule has 1 aromatic rings. The topological polar surface area (TPSA) is 55.9 Å². The van der Waals surface area contributed by atoms with Gasteiger partial charge in [-0.2, -0.15) is 0 Å². The minimum Gasteiger partial charge on any atom is -0.339 e. The number of rotatable bonds is 2. The normalized spacial score (nSPS) is 29.4. The van der Waals surface area contributed by atoms with Crippen molar-refractivity contribution in [2.24, 2.45) is 0 Å². The van der Waals surface area contributed by atoms with Gasteiger partial charge in [0.2, 0.25) is 5.91 Å². The first kappa shape index (κ1) is 18.3. The standard InChI is InChI=1S/C21H30N4O2/c1-15(26)24-12-16-8-7-11-21(14-24,23(16)4)19(27)22-25-13-20(2,3)17-9-5-6-10-18(17)25/h5-6,9-10,16H,7-8,11-14H2,1-4H3,(H,22,27). The van der Waals surface area contributed by atoms with Crippen molar-refractivity contribution in [2.75, 3.05) is 31.7 Å². The van der Waals surface area contributed by atoms with Crippen LogP contribution in [0.15, 0.2) is 24.3 Å². The monoisotopic (exact) mass is 370 g/mol. The molecule has 146 valence electrons. The number of likely N-dealkylation sites (tertiary alicyclic amines) is 1. The molecular formula is C21H30N4O2. The molecule has 0 spiro atoms. The van der Waals surface area contributed by atoms with E-state index in [4.69, 9.17) is 0 Å². The molecule has 27 heavy (non-hydrogen) atoms. The minimum absolute atomic E-state index is 0.00755. The van der Waals surface area contributed by atoms with Crippen LogP contribution in [0.2, 0.25) is 0 Å². The van der Waals surface area contributed by atoms with Crippen LogP contribution in [0, 0.1) is 0 Å². The molecule has 0 aliphatic carbocycles. The van der Waals surface area contributed by atoms with Gasteiger partial charge in [-0.15, -0.1) is 0 Å². The molecule has 2 saturated heterocycles. The molecule has 2 bridgehead atoms. The summed E-state index contributed by atoms with van der Waals surface area (Å²) in [5, 5.41) is 2.00. The van der Waals surface area contributed by atoms with E-state index < -0.39 is 5.54 Å². The smallest absolute Gasteiger partial charge is 0.260 e. The Hall–Kier alpha value is -2.08. The number of para-hydroxylation sites is 1. The van der Waals surface area contributed by atoms with Crippen LogP contribution in [0.3, 0.4) is 0 Å². The number of carbonyl (C=O) groups is 2. The average molecular weight is 370 g/mol. The third-order valence-electron chi connectivity index (χ3n) is 6.82. The Morgan fingerprint density at radius 1 is 1.19 bits per heavy atom. The highest BCUT2D eigenvalue weighted by Crippen LogP contribution is 2.40. The van der Waals surface area contributed by atoms with Crippen molar-refractivity contribution in [2.45, 2.75) is 57.0 Å². The average Bonchev–Trinajstić information content (AvgIpc) is 2.85. The third-order valence-corrected chi connectivity index (χ3v) is 6.82. The number of piperidine rings is 1. The maximum absolute atomic E-state index is 13.6. The molecule has 2 fully saturated rings. The highest BCUT2D eigenvalue weighted by Gasteiger charge is 2.53. The fourth-order valence-corrected chi connectivity index (χ4v) is 5.15. The van der Waals surface area contributed by atoms with Crippen molar-refractivity contribution < 1.29 is 9.59 Å². The van der Waals surface area contributed by atoms with Gasteiger partial charge in [-0.25, -0.2) is 0 Å². The first-order valence-electron chi connectivity index (χ1n) is 9.91. The number of hydrogen-bond acceptors (Lipinski definition) is 4. The highest BCUT2D eigenvalue weighted by atomic mass is 16.2. The predicted octanol–water partition coefficient (Wildman–Crippen LogP) is 1.90. The molecule has 2 unspecified atom stereocenters. The second kappa shape index (κ2) is 6.23. The molecule has 2 atom stereocenters. The lowest BCUT2D eigenvalue weighted by molar-refractivity contribution is -0.152. The Bertz CT molecular complexity index is 777. The molecule has 4 rings (SSSR count). The molecule has 3 aliphatic heterocycles. The zero-order valence-corrected chi connectivity index (χ0v) is 16.8. The van der Waals surface area contributed by atoms with E-state index in [1.165, 1.54) is 5.56 Å². The van der Waals surface area contributed by atoms with Gasteiger partial charge in [0.1, 0.15) is 5.54 Å². The van der Waals surface area contributed by atoms with E-state index in [1.807, 2.05) is 23.0 Å². The first-order valence-corrected chi connectivity index (χ1v) is 9.91. The minimum atomic E-state index is -0.644. The molecule has 0 aromatic heterocycles. The summed E-state index contributed by atoms with van der Waals surface area (Å²) in [6.07, 6.45) is 2.85. The van der Waals surface area contributed by atoms with Gasteiger partial charge in [-0.05, 0) is 37.9 Å². The Balaban J connectivity index is 1.61. The van der Waals surface area contributed by atoms with Gasteiger partial charge in [-0.1, -0.05) is 32.0 Å². The number of carbonyl (C=O) groups excluding carboxylic acids is 2. The number of benzene rings is 1. The van der Waals surface area contributed by atoms with E-state index in [0.29, 0.717) is 6.54 Å².